The third-order valence-electron chi connectivity index (χ3n) is 6.17. The SMILES string of the molecule is CC(C)OCC(=O)N1C[C@H](c2cc(F)cc(F)c2)[C@H]2[C@@H]1C1CCN2CC1. The van der Waals surface area contributed by atoms with Gasteiger partial charge in [0.15, 0.2) is 0 Å². The molecule has 1 amide bonds. The van der Waals surface area contributed by atoms with Gasteiger partial charge in [-0.2, -0.15) is 0 Å². The lowest BCUT2D eigenvalue weighted by atomic mass is 9.75. The molecule has 4 saturated heterocycles. The number of carbonyl (C=O) groups excluding carboxylic acids is 1. The zero-order valence-electron chi connectivity index (χ0n) is 15.3. The van der Waals surface area contributed by atoms with Gasteiger partial charge in [-0.3, -0.25) is 9.69 Å². The van der Waals surface area contributed by atoms with Gasteiger partial charge in [0.1, 0.15) is 18.2 Å². The summed E-state index contributed by atoms with van der Waals surface area (Å²) in [7, 11) is 0. The summed E-state index contributed by atoms with van der Waals surface area (Å²) in [5.41, 5.74) is 0.658. The molecule has 3 atom stereocenters. The van der Waals surface area contributed by atoms with Gasteiger partial charge in [-0.1, -0.05) is 0 Å². The quantitative estimate of drug-likeness (QED) is 0.824. The van der Waals surface area contributed by atoms with Crippen molar-refractivity contribution >= 4 is 5.91 Å². The van der Waals surface area contributed by atoms with E-state index in [0.717, 1.165) is 32.0 Å². The highest BCUT2D eigenvalue weighted by molar-refractivity contribution is 5.78. The van der Waals surface area contributed by atoms with Crippen LogP contribution in [-0.4, -0.2) is 60.1 Å². The van der Waals surface area contributed by atoms with Gasteiger partial charge < -0.3 is 9.64 Å². The molecule has 1 aromatic carbocycles. The van der Waals surface area contributed by atoms with E-state index in [1.807, 2.05) is 18.7 Å². The van der Waals surface area contributed by atoms with Crippen molar-refractivity contribution in [1.82, 2.24) is 9.80 Å². The summed E-state index contributed by atoms with van der Waals surface area (Å²) in [6.45, 7) is 6.40. The predicted molar refractivity (Wildman–Crippen MR) is 93.8 cm³/mol. The molecule has 0 aromatic heterocycles. The molecule has 6 heteroatoms. The molecule has 0 N–H and O–H groups in total. The van der Waals surface area contributed by atoms with E-state index in [1.165, 1.54) is 12.1 Å². The first-order chi connectivity index (χ1) is 12.4. The number of halogens is 2. The summed E-state index contributed by atoms with van der Waals surface area (Å²) < 4.78 is 33.1. The lowest BCUT2D eigenvalue weighted by molar-refractivity contribution is -0.142. The molecule has 5 rings (SSSR count). The first-order valence-electron chi connectivity index (χ1n) is 9.55. The highest BCUT2D eigenvalue weighted by atomic mass is 19.1. The average molecular weight is 364 g/mol. The lowest BCUT2D eigenvalue weighted by Gasteiger charge is -2.51. The average Bonchev–Trinajstić information content (AvgIpc) is 3.03. The molecule has 4 nitrogen and oxygen atoms in total. The van der Waals surface area contributed by atoms with E-state index in [4.69, 9.17) is 4.74 Å². The molecular weight excluding hydrogens is 338 g/mol. The van der Waals surface area contributed by atoms with E-state index in [0.29, 0.717) is 18.0 Å². The molecule has 0 aliphatic carbocycles. The van der Waals surface area contributed by atoms with Crippen molar-refractivity contribution in [2.75, 3.05) is 26.2 Å². The molecule has 0 spiro atoms. The second-order valence-electron chi connectivity index (χ2n) is 8.07. The maximum absolute atomic E-state index is 13.8. The smallest absolute Gasteiger partial charge is 0.248 e. The van der Waals surface area contributed by atoms with Crippen LogP contribution in [0.2, 0.25) is 0 Å². The van der Waals surface area contributed by atoms with E-state index in [9.17, 15) is 13.6 Å². The topological polar surface area (TPSA) is 32.8 Å². The third-order valence-corrected chi connectivity index (χ3v) is 6.17. The number of likely N-dealkylation sites (tertiary alicyclic amines) is 1. The van der Waals surface area contributed by atoms with Crippen LogP contribution in [0.4, 0.5) is 8.78 Å². The Morgan fingerprint density at radius 3 is 2.42 bits per heavy atom. The summed E-state index contributed by atoms with van der Waals surface area (Å²) in [5, 5.41) is 0. The molecule has 4 heterocycles. The van der Waals surface area contributed by atoms with Crippen LogP contribution in [-0.2, 0) is 9.53 Å². The normalized spacial score (nSPS) is 33.0. The Morgan fingerprint density at radius 1 is 1.15 bits per heavy atom. The van der Waals surface area contributed by atoms with Gasteiger partial charge in [-0.15, -0.1) is 0 Å². The van der Waals surface area contributed by atoms with Gasteiger partial charge in [0.2, 0.25) is 5.91 Å². The van der Waals surface area contributed by atoms with Crippen molar-refractivity contribution in [3.05, 3.63) is 35.4 Å². The van der Waals surface area contributed by atoms with Gasteiger partial charge in [0.05, 0.1) is 12.1 Å². The molecule has 26 heavy (non-hydrogen) atoms. The van der Waals surface area contributed by atoms with Crippen LogP contribution in [0.15, 0.2) is 18.2 Å². The Balaban J connectivity index is 1.64. The largest absolute Gasteiger partial charge is 0.369 e. The Labute approximate surface area is 153 Å². The molecule has 4 fully saturated rings. The Bertz CT molecular complexity index is 668. The van der Waals surface area contributed by atoms with E-state index in [1.54, 1.807) is 0 Å². The van der Waals surface area contributed by atoms with Crippen molar-refractivity contribution in [3.8, 4) is 0 Å². The summed E-state index contributed by atoms with van der Waals surface area (Å²) in [5.74, 6) is -0.713. The van der Waals surface area contributed by atoms with Gasteiger partial charge >= 0.3 is 0 Å². The number of piperidine rings is 3. The number of carbonyl (C=O) groups is 1. The fraction of sp³-hybridized carbons (Fsp3) is 0.650. The Morgan fingerprint density at radius 2 is 1.81 bits per heavy atom. The molecule has 0 unspecified atom stereocenters. The zero-order chi connectivity index (χ0) is 18.4. The number of benzene rings is 1. The van der Waals surface area contributed by atoms with Crippen molar-refractivity contribution in [2.24, 2.45) is 5.92 Å². The molecule has 4 aliphatic rings. The number of amides is 1. The maximum Gasteiger partial charge on any atom is 0.248 e. The van der Waals surface area contributed by atoms with Gasteiger partial charge in [-0.25, -0.2) is 8.78 Å². The lowest BCUT2D eigenvalue weighted by Crippen LogP contribution is -2.61. The molecule has 142 valence electrons. The summed E-state index contributed by atoms with van der Waals surface area (Å²) in [4.78, 5) is 17.2. The van der Waals surface area contributed by atoms with Gasteiger partial charge in [0, 0.05) is 24.6 Å². The van der Waals surface area contributed by atoms with Crippen LogP contribution in [0.1, 0.15) is 38.2 Å². The van der Waals surface area contributed by atoms with E-state index in [-0.39, 0.29) is 36.6 Å². The number of hydrogen-bond donors (Lipinski definition) is 0. The molecule has 2 bridgehead atoms. The standard InChI is InChI=1S/C20H26F2N2O2/c1-12(2)26-11-18(25)24-10-17(14-7-15(21)9-16(22)8-14)20-19(24)13-3-5-23(20)6-4-13/h7-9,12-13,17,19-20H,3-6,10-11H2,1-2H3/t17-,19+,20+/m1/s1. The van der Waals surface area contributed by atoms with Crippen LogP contribution in [0.25, 0.3) is 0 Å². The first kappa shape index (κ1) is 17.9. The molecule has 4 aliphatic heterocycles. The minimum Gasteiger partial charge on any atom is -0.369 e. The van der Waals surface area contributed by atoms with Crippen LogP contribution in [0.5, 0.6) is 0 Å². The number of ether oxygens (including phenoxy) is 1. The monoisotopic (exact) mass is 364 g/mol. The highest BCUT2D eigenvalue weighted by Gasteiger charge is 2.54. The number of nitrogens with zero attached hydrogens (tertiary/aromatic N) is 2. The first-order valence-corrected chi connectivity index (χ1v) is 9.55. The minimum atomic E-state index is -0.555. The van der Waals surface area contributed by atoms with E-state index >= 15 is 0 Å². The van der Waals surface area contributed by atoms with Crippen molar-refractivity contribution in [2.45, 2.75) is 50.8 Å². The number of fused-ring (bicyclic) bond motifs is 2. The highest BCUT2D eigenvalue weighted by Crippen LogP contribution is 2.46. The molecular formula is C20H26F2N2O2. The fourth-order valence-corrected chi connectivity index (χ4v) is 5.11. The van der Waals surface area contributed by atoms with E-state index < -0.39 is 11.6 Å². The van der Waals surface area contributed by atoms with Gasteiger partial charge in [0.25, 0.3) is 0 Å². The summed E-state index contributed by atoms with van der Waals surface area (Å²) in [6.07, 6.45) is 2.16. The Kier molecular flexibility index (Phi) is 4.73. The van der Waals surface area contributed by atoms with Crippen LogP contribution in [0.3, 0.4) is 0 Å². The van der Waals surface area contributed by atoms with Gasteiger partial charge in [-0.05, 0) is 63.4 Å². The summed E-state index contributed by atoms with van der Waals surface area (Å²) in [6, 6.07) is 4.02. The second kappa shape index (κ2) is 6.89. The fourth-order valence-electron chi connectivity index (χ4n) is 5.11. The zero-order valence-corrected chi connectivity index (χ0v) is 15.3. The van der Waals surface area contributed by atoms with Crippen LogP contribution < -0.4 is 0 Å². The van der Waals surface area contributed by atoms with Crippen LogP contribution in [0, 0.1) is 17.6 Å². The molecule has 1 aromatic rings. The predicted octanol–water partition coefficient (Wildman–Crippen LogP) is 2.78. The Hall–Kier alpha value is -1.53. The second-order valence-corrected chi connectivity index (χ2v) is 8.07. The van der Waals surface area contributed by atoms with Crippen molar-refractivity contribution < 1.29 is 18.3 Å². The maximum atomic E-state index is 13.8. The van der Waals surface area contributed by atoms with Crippen molar-refractivity contribution in [1.29, 1.82) is 0 Å². The summed E-state index contributed by atoms with van der Waals surface area (Å²) >= 11 is 0. The molecule has 0 radical (unpaired) electrons. The van der Waals surface area contributed by atoms with Crippen molar-refractivity contribution in [3.63, 3.8) is 0 Å². The van der Waals surface area contributed by atoms with Crippen LogP contribution >= 0.6 is 0 Å². The minimum absolute atomic E-state index is 0.00276. The number of rotatable bonds is 4. The number of hydrogen-bond acceptors (Lipinski definition) is 3. The molecule has 0 saturated carbocycles. The third kappa shape index (κ3) is 3.14. The van der Waals surface area contributed by atoms with E-state index in [2.05, 4.69) is 4.90 Å².